The largest absolute Gasteiger partial charge is 0.392 e. The minimum atomic E-state index is -0.676. The molecule has 2 heterocycles. The van der Waals surface area contributed by atoms with Gasteiger partial charge in [-0.05, 0) is 29.8 Å². The number of nitrogens with zero attached hydrogens (tertiary/aromatic N) is 2. The van der Waals surface area contributed by atoms with Crippen LogP contribution in [0.25, 0.3) is 21.8 Å². The molecule has 5 rings (SSSR count). The molecule has 0 radical (unpaired) electrons. The van der Waals surface area contributed by atoms with Gasteiger partial charge in [-0.15, -0.1) is 0 Å². The molecule has 26 heavy (non-hydrogen) atoms. The van der Waals surface area contributed by atoms with E-state index in [9.17, 15) is 10.2 Å². The number of aliphatic hydroxyl groups is 2. The molecule has 1 saturated carbocycles. The maximum atomic E-state index is 10.9. The predicted molar refractivity (Wildman–Crippen MR) is 101 cm³/mol. The van der Waals surface area contributed by atoms with Gasteiger partial charge in [0.05, 0.1) is 29.2 Å². The molecule has 0 spiro atoms. The first kappa shape index (κ1) is 15.4. The Bertz CT molecular complexity index is 1100. The number of pyridine rings is 2. The van der Waals surface area contributed by atoms with Gasteiger partial charge in [0.15, 0.2) is 0 Å². The normalized spacial score (nSPS) is 25.3. The lowest BCUT2D eigenvalue weighted by Crippen LogP contribution is -2.52. The van der Waals surface area contributed by atoms with Crippen molar-refractivity contribution in [2.75, 3.05) is 0 Å². The first-order valence-electron chi connectivity index (χ1n) is 8.79. The molecule has 0 bridgehead atoms. The van der Waals surface area contributed by atoms with Gasteiger partial charge in [0.1, 0.15) is 0 Å². The summed E-state index contributed by atoms with van der Waals surface area (Å²) in [6, 6.07) is 21.5. The molecule has 2 aromatic carbocycles. The van der Waals surface area contributed by atoms with Crippen molar-refractivity contribution in [3.05, 3.63) is 84.2 Å². The molecular formula is C22H18N2O2. The lowest BCUT2D eigenvalue weighted by molar-refractivity contribution is -0.0793. The third-order valence-electron chi connectivity index (χ3n) is 5.48. The van der Waals surface area contributed by atoms with Crippen LogP contribution in [0.3, 0.4) is 0 Å². The Balaban J connectivity index is 1.52. The fraction of sp³-hybridized carbons (Fsp3) is 0.182. The van der Waals surface area contributed by atoms with Gasteiger partial charge in [0.25, 0.3) is 0 Å². The van der Waals surface area contributed by atoms with Crippen LogP contribution in [0.5, 0.6) is 0 Å². The highest BCUT2D eigenvalue weighted by atomic mass is 16.3. The second-order valence-electron chi connectivity index (χ2n) is 6.88. The van der Waals surface area contributed by atoms with Gasteiger partial charge in [0.2, 0.25) is 0 Å². The molecule has 0 saturated heterocycles. The molecule has 4 aromatic rings. The van der Waals surface area contributed by atoms with E-state index in [4.69, 9.17) is 0 Å². The van der Waals surface area contributed by atoms with Crippen LogP contribution in [0, 0.1) is 0 Å². The molecule has 4 nitrogen and oxygen atoms in total. The second kappa shape index (κ2) is 5.87. The van der Waals surface area contributed by atoms with Crippen molar-refractivity contribution in [3.63, 3.8) is 0 Å². The molecule has 1 aliphatic rings. The van der Waals surface area contributed by atoms with Crippen LogP contribution in [0.2, 0.25) is 0 Å². The van der Waals surface area contributed by atoms with E-state index >= 15 is 0 Å². The Hall–Kier alpha value is -2.82. The van der Waals surface area contributed by atoms with Crippen LogP contribution >= 0.6 is 0 Å². The van der Waals surface area contributed by atoms with Crippen molar-refractivity contribution in [2.45, 2.75) is 24.0 Å². The monoisotopic (exact) mass is 342 g/mol. The van der Waals surface area contributed by atoms with E-state index in [2.05, 4.69) is 9.97 Å². The van der Waals surface area contributed by atoms with Crippen molar-refractivity contribution in [1.29, 1.82) is 0 Å². The van der Waals surface area contributed by atoms with Crippen molar-refractivity contribution in [1.82, 2.24) is 9.97 Å². The second-order valence-corrected chi connectivity index (χ2v) is 6.88. The summed E-state index contributed by atoms with van der Waals surface area (Å²) in [5.74, 6) is -0.710. The molecule has 128 valence electrons. The zero-order chi connectivity index (χ0) is 17.7. The summed E-state index contributed by atoms with van der Waals surface area (Å²) in [5.41, 5.74) is 3.42. The average Bonchev–Trinajstić information content (AvgIpc) is 2.68. The summed E-state index contributed by atoms with van der Waals surface area (Å²) in [5, 5.41) is 23.7. The smallest absolute Gasteiger partial charge is 0.0742 e. The maximum Gasteiger partial charge on any atom is 0.0742 e. The van der Waals surface area contributed by atoms with Crippen LogP contribution in [0.15, 0.2) is 72.9 Å². The van der Waals surface area contributed by atoms with E-state index < -0.39 is 12.2 Å². The minimum Gasteiger partial charge on any atom is -0.392 e. The summed E-state index contributed by atoms with van der Waals surface area (Å²) in [7, 11) is 0. The van der Waals surface area contributed by atoms with Crippen LogP contribution in [-0.2, 0) is 0 Å². The predicted octanol–water partition coefficient (Wildman–Crippen LogP) is 3.39. The van der Waals surface area contributed by atoms with Crippen LogP contribution in [-0.4, -0.2) is 32.4 Å². The van der Waals surface area contributed by atoms with Crippen molar-refractivity contribution < 1.29 is 10.2 Å². The van der Waals surface area contributed by atoms with Gasteiger partial charge in [-0.1, -0.05) is 42.5 Å². The Labute approximate surface area is 150 Å². The topological polar surface area (TPSA) is 66.2 Å². The van der Waals surface area contributed by atoms with Gasteiger partial charge < -0.3 is 10.2 Å². The van der Waals surface area contributed by atoms with Gasteiger partial charge in [-0.3, -0.25) is 9.97 Å². The van der Waals surface area contributed by atoms with Crippen LogP contribution in [0.4, 0.5) is 0 Å². The average molecular weight is 342 g/mol. The van der Waals surface area contributed by atoms with E-state index in [1.165, 1.54) is 0 Å². The maximum absolute atomic E-state index is 10.9. The fourth-order valence-electron chi connectivity index (χ4n) is 4.10. The van der Waals surface area contributed by atoms with Gasteiger partial charge in [-0.2, -0.15) is 0 Å². The molecule has 2 unspecified atom stereocenters. The summed E-state index contributed by atoms with van der Waals surface area (Å²) in [6.45, 7) is 0. The molecule has 4 heteroatoms. The molecule has 2 N–H and O–H groups in total. The molecule has 0 amide bonds. The number of fused-ring (bicyclic) bond motifs is 2. The molecule has 2 atom stereocenters. The van der Waals surface area contributed by atoms with E-state index in [0.717, 1.165) is 33.1 Å². The molecule has 0 aliphatic heterocycles. The minimum absolute atomic E-state index is 0.332. The van der Waals surface area contributed by atoms with Gasteiger partial charge in [0, 0.05) is 28.6 Å². The van der Waals surface area contributed by atoms with Crippen LogP contribution in [0.1, 0.15) is 23.1 Å². The lowest BCUT2D eigenvalue weighted by Gasteiger charge is -2.46. The Morgan fingerprint density at radius 2 is 1.42 bits per heavy atom. The third-order valence-corrected chi connectivity index (χ3v) is 5.48. The standard InChI is InChI=1S/C22H18N2O2/c25-21-19(15-11-12-23-17-8-4-2-6-14(15)17)22(26)20(21)18-10-9-13-5-1-3-7-16(13)24-18/h1-12,19-22,25-26H. The van der Waals surface area contributed by atoms with Gasteiger partial charge >= 0.3 is 0 Å². The molecule has 2 aromatic heterocycles. The van der Waals surface area contributed by atoms with Crippen molar-refractivity contribution in [2.24, 2.45) is 0 Å². The molecule has 1 fully saturated rings. The summed E-state index contributed by atoms with van der Waals surface area (Å²) in [6.07, 6.45) is 0.382. The number of hydrogen-bond donors (Lipinski definition) is 2. The van der Waals surface area contributed by atoms with E-state index in [1.54, 1.807) is 6.20 Å². The SMILES string of the molecule is OC1C(c2ccc3ccccc3n2)C(O)C1c1ccnc2ccccc12. The van der Waals surface area contributed by atoms with Crippen molar-refractivity contribution in [3.8, 4) is 0 Å². The number of rotatable bonds is 2. The molecule has 1 aliphatic carbocycles. The summed E-state index contributed by atoms with van der Waals surface area (Å²) >= 11 is 0. The zero-order valence-electron chi connectivity index (χ0n) is 14.0. The quantitative estimate of drug-likeness (QED) is 0.586. The van der Waals surface area contributed by atoms with Crippen LogP contribution < -0.4 is 0 Å². The number of aromatic nitrogens is 2. The fourth-order valence-corrected chi connectivity index (χ4v) is 4.10. The highest BCUT2D eigenvalue weighted by molar-refractivity contribution is 5.83. The number of para-hydroxylation sites is 2. The van der Waals surface area contributed by atoms with Crippen molar-refractivity contribution >= 4 is 21.8 Å². The first-order valence-corrected chi connectivity index (χ1v) is 8.79. The van der Waals surface area contributed by atoms with E-state index in [0.29, 0.717) is 0 Å². The highest BCUT2D eigenvalue weighted by Crippen LogP contribution is 2.49. The zero-order valence-corrected chi connectivity index (χ0v) is 14.0. The number of hydrogen-bond acceptors (Lipinski definition) is 4. The summed E-state index contributed by atoms with van der Waals surface area (Å²) in [4.78, 5) is 9.02. The Morgan fingerprint density at radius 3 is 2.27 bits per heavy atom. The molecular weight excluding hydrogens is 324 g/mol. The van der Waals surface area contributed by atoms with E-state index in [1.807, 2.05) is 66.7 Å². The Morgan fingerprint density at radius 1 is 0.692 bits per heavy atom. The van der Waals surface area contributed by atoms with Gasteiger partial charge in [-0.25, -0.2) is 0 Å². The Kier molecular flexibility index (Phi) is 3.48. The summed E-state index contributed by atoms with van der Waals surface area (Å²) < 4.78 is 0. The van der Waals surface area contributed by atoms with E-state index in [-0.39, 0.29) is 11.8 Å². The lowest BCUT2D eigenvalue weighted by atomic mass is 9.64. The highest BCUT2D eigenvalue weighted by Gasteiger charge is 2.51. The third kappa shape index (κ3) is 2.23. The number of benzene rings is 2. The first-order chi connectivity index (χ1) is 12.7. The number of aliphatic hydroxyl groups excluding tert-OH is 2.